The van der Waals surface area contributed by atoms with Crippen LogP contribution in [0.3, 0.4) is 0 Å². The molecule has 2 aromatic heterocycles. The summed E-state index contributed by atoms with van der Waals surface area (Å²) in [7, 11) is 0. The Bertz CT molecular complexity index is 1130. The van der Waals surface area contributed by atoms with Gasteiger partial charge in [-0.05, 0) is 49.8 Å². The van der Waals surface area contributed by atoms with E-state index in [1.807, 2.05) is 39.8 Å². The van der Waals surface area contributed by atoms with Gasteiger partial charge in [0.1, 0.15) is 11.2 Å². The Morgan fingerprint density at radius 3 is 2.43 bits per heavy atom. The largest absolute Gasteiger partial charge is 0.332 e. The summed E-state index contributed by atoms with van der Waals surface area (Å²) in [4.78, 5) is 38.3. The van der Waals surface area contributed by atoms with Crippen molar-refractivity contribution in [2.75, 3.05) is 5.32 Å². The minimum Gasteiger partial charge on any atom is -0.324 e. The second kappa shape index (κ2) is 8.14. The van der Waals surface area contributed by atoms with Gasteiger partial charge in [0, 0.05) is 12.2 Å². The Hall–Kier alpha value is -2.67. The molecule has 0 atom stereocenters. The van der Waals surface area contributed by atoms with Gasteiger partial charge in [-0.1, -0.05) is 31.0 Å². The number of thiophene rings is 1. The minimum absolute atomic E-state index is 0.134. The van der Waals surface area contributed by atoms with Crippen LogP contribution in [0.1, 0.15) is 36.5 Å². The van der Waals surface area contributed by atoms with Crippen LogP contribution in [0.4, 0.5) is 5.69 Å². The van der Waals surface area contributed by atoms with Crippen molar-refractivity contribution in [3.05, 3.63) is 61.1 Å². The van der Waals surface area contributed by atoms with Crippen molar-refractivity contribution in [2.24, 2.45) is 0 Å². The molecule has 0 fully saturated rings. The number of aryl methyl sites for hydroxylation is 3. The molecule has 3 rings (SSSR count). The predicted molar refractivity (Wildman–Crippen MR) is 115 cm³/mol. The lowest BCUT2D eigenvalue weighted by atomic mass is 10.1. The number of nitrogens with one attached hydrogen (secondary N) is 1. The quantitative estimate of drug-likeness (QED) is 0.688. The third-order valence-electron chi connectivity index (χ3n) is 4.81. The number of nitrogens with zero attached hydrogens (tertiary/aromatic N) is 2. The van der Waals surface area contributed by atoms with Gasteiger partial charge in [0.15, 0.2) is 0 Å². The first-order chi connectivity index (χ1) is 13.3. The molecule has 0 saturated carbocycles. The van der Waals surface area contributed by atoms with Gasteiger partial charge in [-0.3, -0.25) is 18.7 Å². The maximum atomic E-state index is 12.9. The summed E-state index contributed by atoms with van der Waals surface area (Å²) in [5.41, 5.74) is 3.66. The molecule has 3 aromatic rings. The van der Waals surface area contributed by atoms with Gasteiger partial charge in [0.05, 0.1) is 5.52 Å². The van der Waals surface area contributed by atoms with Gasteiger partial charge < -0.3 is 5.32 Å². The molecule has 0 radical (unpaired) electrons. The molecule has 0 unspecified atom stereocenters. The number of carbonyl (C=O) groups is 1. The van der Waals surface area contributed by atoms with Gasteiger partial charge in [0.2, 0.25) is 5.91 Å². The van der Waals surface area contributed by atoms with Crippen LogP contribution in [0.2, 0.25) is 0 Å². The second-order valence-electron chi connectivity index (χ2n) is 7.14. The maximum Gasteiger partial charge on any atom is 0.332 e. The number of benzene rings is 1. The fraction of sp³-hybridized carbons (Fsp3) is 0.381. The molecule has 1 N–H and O–H groups in total. The van der Waals surface area contributed by atoms with E-state index in [9.17, 15) is 14.4 Å². The van der Waals surface area contributed by atoms with E-state index in [2.05, 4.69) is 5.32 Å². The fourth-order valence-electron chi connectivity index (χ4n) is 3.50. The highest BCUT2D eigenvalue weighted by atomic mass is 32.1. The number of anilines is 1. The van der Waals surface area contributed by atoms with Crippen molar-refractivity contribution >= 4 is 33.1 Å². The molecule has 28 heavy (non-hydrogen) atoms. The molecule has 0 aliphatic carbocycles. The van der Waals surface area contributed by atoms with E-state index < -0.39 is 5.69 Å². The molecule has 6 nitrogen and oxygen atoms in total. The number of fused-ring (bicyclic) bond motifs is 1. The van der Waals surface area contributed by atoms with E-state index in [1.165, 1.54) is 20.5 Å². The highest BCUT2D eigenvalue weighted by Crippen LogP contribution is 2.22. The van der Waals surface area contributed by atoms with Crippen molar-refractivity contribution in [1.29, 1.82) is 0 Å². The lowest BCUT2D eigenvalue weighted by Crippen LogP contribution is -2.41. The fourth-order valence-corrected chi connectivity index (χ4v) is 4.34. The monoisotopic (exact) mass is 399 g/mol. The highest BCUT2D eigenvalue weighted by molar-refractivity contribution is 7.17. The maximum absolute atomic E-state index is 12.9. The number of aromatic nitrogens is 2. The van der Waals surface area contributed by atoms with Crippen LogP contribution in [0.15, 0.2) is 33.2 Å². The summed E-state index contributed by atoms with van der Waals surface area (Å²) in [5.74, 6) is -0.287. The summed E-state index contributed by atoms with van der Waals surface area (Å²) < 4.78 is 3.15. The molecule has 0 aliphatic heterocycles. The summed E-state index contributed by atoms with van der Waals surface area (Å²) in [6.45, 7) is 8.14. The Morgan fingerprint density at radius 1 is 1.11 bits per heavy atom. The molecule has 0 bridgehead atoms. The van der Waals surface area contributed by atoms with Crippen LogP contribution in [0.5, 0.6) is 0 Å². The zero-order valence-electron chi connectivity index (χ0n) is 16.7. The first kappa shape index (κ1) is 20.1. The number of unbranched alkanes of at least 4 members (excludes halogenated alkanes) is 1. The van der Waals surface area contributed by atoms with E-state index in [0.29, 0.717) is 16.8 Å². The topological polar surface area (TPSA) is 73.1 Å². The standard InChI is InChI=1S/C21H25N3O3S/c1-5-6-8-23-20(26)19-16(7-9-28-19)24(21(23)27)12-17(25)22-18-14(3)10-13(2)11-15(18)4/h7,9-11H,5-6,8,12H2,1-4H3,(H,22,25). The van der Waals surface area contributed by atoms with E-state index in [0.717, 1.165) is 35.2 Å². The average Bonchev–Trinajstić information content (AvgIpc) is 3.11. The number of hydrogen-bond acceptors (Lipinski definition) is 4. The van der Waals surface area contributed by atoms with Crippen molar-refractivity contribution in [3.8, 4) is 0 Å². The van der Waals surface area contributed by atoms with Gasteiger partial charge >= 0.3 is 5.69 Å². The van der Waals surface area contributed by atoms with Gasteiger partial charge in [-0.25, -0.2) is 4.79 Å². The zero-order chi connectivity index (χ0) is 20.4. The Labute approximate surface area is 167 Å². The molecule has 0 saturated heterocycles. The molecule has 1 amide bonds. The Balaban J connectivity index is 1.98. The second-order valence-corrected chi connectivity index (χ2v) is 8.05. The van der Waals surface area contributed by atoms with Crippen LogP contribution in [0, 0.1) is 20.8 Å². The van der Waals surface area contributed by atoms with Crippen LogP contribution in [-0.4, -0.2) is 15.0 Å². The van der Waals surface area contributed by atoms with E-state index in [1.54, 1.807) is 11.4 Å². The summed E-state index contributed by atoms with van der Waals surface area (Å²) in [5, 5.41) is 4.71. The van der Waals surface area contributed by atoms with Gasteiger partial charge in [-0.15, -0.1) is 11.3 Å². The van der Waals surface area contributed by atoms with Gasteiger partial charge in [0.25, 0.3) is 5.56 Å². The van der Waals surface area contributed by atoms with Crippen LogP contribution >= 0.6 is 11.3 Å². The van der Waals surface area contributed by atoms with Crippen LogP contribution < -0.4 is 16.6 Å². The number of rotatable bonds is 6. The first-order valence-corrected chi connectivity index (χ1v) is 10.3. The highest BCUT2D eigenvalue weighted by Gasteiger charge is 2.17. The molecular formula is C21H25N3O3S. The van der Waals surface area contributed by atoms with Crippen LogP contribution in [-0.2, 0) is 17.9 Å². The lowest BCUT2D eigenvalue weighted by Gasteiger charge is -2.15. The van der Waals surface area contributed by atoms with Gasteiger partial charge in [-0.2, -0.15) is 0 Å². The Kier molecular flexibility index (Phi) is 5.84. The summed E-state index contributed by atoms with van der Waals surface area (Å²) in [6, 6.07) is 5.75. The first-order valence-electron chi connectivity index (χ1n) is 9.42. The van der Waals surface area contributed by atoms with Crippen molar-refractivity contribution in [3.63, 3.8) is 0 Å². The smallest absolute Gasteiger partial charge is 0.324 e. The van der Waals surface area contributed by atoms with Crippen molar-refractivity contribution in [2.45, 2.75) is 53.6 Å². The van der Waals surface area contributed by atoms with E-state index in [4.69, 9.17) is 0 Å². The molecule has 7 heteroatoms. The number of hydrogen-bond donors (Lipinski definition) is 1. The number of amides is 1. The minimum atomic E-state index is -0.433. The molecule has 0 spiro atoms. The number of carbonyl (C=O) groups excluding carboxylic acids is 1. The third-order valence-corrected chi connectivity index (χ3v) is 5.71. The van der Waals surface area contributed by atoms with Crippen molar-refractivity contribution < 1.29 is 4.79 Å². The Morgan fingerprint density at radius 2 is 1.79 bits per heavy atom. The zero-order valence-corrected chi connectivity index (χ0v) is 17.5. The summed E-state index contributed by atoms with van der Waals surface area (Å²) >= 11 is 1.30. The molecule has 1 aromatic carbocycles. The average molecular weight is 400 g/mol. The van der Waals surface area contributed by atoms with Crippen molar-refractivity contribution in [1.82, 2.24) is 9.13 Å². The molecular weight excluding hydrogens is 374 g/mol. The third kappa shape index (κ3) is 3.80. The van der Waals surface area contributed by atoms with E-state index in [-0.39, 0.29) is 18.0 Å². The summed E-state index contributed by atoms with van der Waals surface area (Å²) in [6.07, 6.45) is 1.61. The predicted octanol–water partition coefficient (Wildman–Crippen LogP) is 3.59. The molecule has 2 heterocycles. The molecule has 148 valence electrons. The SMILES string of the molecule is CCCCn1c(=O)c2sccc2n(CC(=O)Nc2c(C)cc(C)cc2C)c1=O. The van der Waals surface area contributed by atoms with Crippen LogP contribution in [0.25, 0.3) is 10.2 Å². The lowest BCUT2D eigenvalue weighted by molar-refractivity contribution is -0.116. The normalized spacial score (nSPS) is 11.1. The van der Waals surface area contributed by atoms with E-state index >= 15 is 0 Å². The molecule has 0 aliphatic rings.